The number of hydrogen-bond acceptors (Lipinski definition) is 6. The Labute approximate surface area is 140 Å². The number of nitrogens with zero attached hydrogens (tertiary/aromatic N) is 1. The summed E-state index contributed by atoms with van der Waals surface area (Å²) in [7, 11) is 1.35. The number of benzene rings is 2. The molecule has 0 atom stereocenters. The molecule has 0 aliphatic rings. The maximum Gasteiger partial charge on any atom is 0.387 e. The van der Waals surface area contributed by atoms with Gasteiger partial charge in [0.1, 0.15) is 11.5 Å². The summed E-state index contributed by atoms with van der Waals surface area (Å²) in [6.45, 7) is -2.94. The number of nitro benzene ring substituents is 1. The molecule has 0 N–H and O–H groups in total. The third kappa shape index (κ3) is 5.13. The number of alkyl halides is 2. The van der Waals surface area contributed by atoms with Crippen LogP contribution in [0.2, 0.25) is 0 Å². The van der Waals surface area contributed by atoms with Gasteiger partial charge in [0.25, 0.3) is 0 Å². The maximum atomic E-state index is 12.1. The van der Waals surface area contributed by atoms with E-state index in [4.69, 9.17) is 9.47 Å². The van der Waals surface area contributed by atoms with Gasteiger partial charge in [-0.3, -0.25) is 14.9 Å². The molecule has 0 aromatic heterocycles. The van der Waals surface area contributed by atoms with Crippen LogP contribution in [0, 0.1) is 10.1 Å². The SMILES string of the molecule is COc1ccc(OC(=O)Cc2ccc(OC(F)F)cc2)c([N+](=O)[O-])c1. The summed E-state index contributed by atoms with van der Waals surface area (Å²) in [5.41, 5.74) is 0.0659. The fraction of sp³-hybridized carbons (Fsp3) is 0.188. The Balaban J connectivity index is 2.06. The molecule has 0 fully saturated rings. The van der Waals surface area contributed by atoms with Gasteiger partial charge in [-0.15, -0.1) is 0 Å². The van der Waals surface area contributed by atoms with Crippen LogP contribution in [-0.2, 0) is 11.2 Å². The molecule has 0 saturated carbocycles. The van der Waals surface area contributed by atoms with Crippen molar-refractivity contribution < 1.29 is 32.7 Å². The largest absolute Gasteiger partial charge is 0.496 e. The number of ether oxygens (including phenoxy) is 3. The Hall–Kier alpha value is -3.23. The van der Waals surface area contributed by atoms with Crippen LogP contribution in [0.1, 0.15) is 5.56 Å². The first-order chi connectivity index (χ1) is 11.9. The second kappa shape index (κ2) is 8.04. The number of halogens is 2. The number of carbonyl (C=O) groups is 1. The number of methoxy groups -OCH3 is 1. The molecule has 0 aliphatic heterocycles. The highest BCUT2D eigenvalue weighted by molar-refractivity contribution is 5.76. The third-order valence-corrected chi connectivity index (χ3v) is 3.08. The normalized spacial score (nSPS) is 10.4. The fourth-order valence-electron chi connectivity index (χ4n) is 1.97. The summed E-state index contributed by atoms with van der Waals surface area (Å²) < 4.78 is 38.2. The van der Waals surface area contributed by atoms with Crippen LogP contribution < -0.4 is 14.2 Å². The fourth-order valence-corrected chi connectivity index (χ4v) is 1.97. The number of nitro groups is 1. The van der Waals surface area contributed by atoms with Gasteiger partial charge in [0.2, 0.25) is 5.75 Å². The lowest BCUT2D eigenvalue weighted by atomic mass is 10.1. The summed E-state index contributed by atoms with van der Waals surface area (Å²) in [5.74, 6) is -0.747. The van der Waals surface area contributed by atoms with Crippen molar-refractivity contribution in [3.8, 4) is 17.2 Å². The van der Waals surface area contributed by atoms with Crippen LogP contribution >= 0.6 is 0 Å². The first-order valence-corrected chi connectivity index (χ1v) is 6.96. The number of rotatable bonds is 7. The van der Waals surface area contributed by atoms with Gasteiger partial charge < -0.3 is 14.2 Å². The van der Waals surface area contributed by atoms with Crippen molar-refractivity contribution in [2.24, 2.45) is 0 Å². The molecule has 7 nitrogen and oxygen atoms in total. The van der Waals surface area contributed by atoms with Crippen LogP contribution in [0.4, 0.5) is 14.5 Å². The summed E-state index contributed by atoms with van der Waals surface area (Å²) in [4.78, 5) is 22.3. The molecule has 2 aromatic rings. The molecule has 0 heterocycles. The zero-order valence-corrected chi connectivity index (χ0v) is 13.0. The van der Waals surface area contributed by atoms with Crippen LogP contribution in [0.3, 0.4) is 0 Å². The minimum Gasteiger partial charge on any atom is -0.496 e. The minimum atomic E-state index is -2.94. The highest BCUT2D eigenvalue weighted by atomic mass is 19.3. The van der Waals surface area contributed by atoms with Gasteiger partial charge >= 0.3 is 18.3 Å². The lowest BCUT2D eigenvalue weighted by molar-refractivity contribution is -0.385. The molecule has 25 heavy (non-hydrogen) atoms. The van der Waals surface area contributed by atoms with E-state index < -0.39 is 23.2 Å². The molecule has 0 amide bonds. The first kappa shape index (κ1) is 18.1. The molecule has 9 heteroatoms. The second-order valence-electron chi connectivity index (χ2n) is 4.76. The van der Waals surface area contributed by atoms with E-state index in [1.54, 1.807) is 0 Å². The van der Waals surface area contributed by atoms with Gasteiger partial charge in [-0.25, -0.2) is 0 Å². The van der Waals surface area contributed by atoms with Crippen molar-refractivity contribution in [3.05, 3.63) is 58.1 Å². The third-order valence-electron chi connectivity index (χ3n) is 3.08. The monoisotopic (exact) mass is 353 g/mol. The van der Waals surface area contributed by atoms with Crippen LogP contribution in [0.5, 0.6) is 17.2 Å². The van der Waals surface area contributed by atoms with Crippen molar-refractivity contribution in [1.29, 1.82) is 0 Å². The van der Waals surface area contributed by atoms with E-state index in [2.05, 4.69) is 4.74 Å². The summed E-state index contributed by atoms with van der Waals surface area (Å²) >= 11 is 0. The van der Waals surface area contributed by atoms with Gasteiger partial charge in [0.05, 0.1) is 24.5 Å². The van der Waals surface area contributed by atoms with Gasteiger partial charge in [-0.1, -0.05) is 12.1 Å². The lowest BCUT2D eigenvalue weighted by Crippen LogP contribution is -2.12. The Morgan fingerprint density at radius 1 is 1.16 bits per heavy atom. The average Bonchev–Trinajstić information content (AvgIpc) is 2.56. The predicted molar refractivity (Wildman–Crippen MR) is 82.1 cm³/mol. The van der Waals surface area contributed by atoms with Gasteiger partial charge in [-0.05, 0) is 29.8 Å². The quantitative estimate of drug-likeness (QED) is 0.328. The lowest BCUT2D eigenvalue weighted by Gasteiger charge is -2.08. The molecule has 2 aromatic carbocycles. The zero-order chi connectivity index (χ0) is 18.4. The van der Waals surface area contributed by atoms with E-state index in [-0.39, 0.29) is 23.7 Å². The van der Waals surface area contributed by atoms with Crippen molar-refractivity contribution in [2.75, 3.05) is 7.11 Å². The van der Waals surface area contributed by atoms with E-state index in [0.717, 1.165) is 6.07 Å². The molecule has 0 aliphatic carbocycles. The molecule has 0 saturated heterocycles. The Bertz CT molecular complexity index is 764. The number of carbonyl (C=O) groups excluding carboxylic acids is 1. The molecular weight excluding hydrogens is 340 g/mol. The molecule has 0 bridgehead atoms. The summed E-state index contributed by atoms with van der Waals surface area (Å²) in [5, 5.41) is 11.0. The Morgan fingerprint density at radius 3 is 2.36 bits per heavy atom. The summed E-state index contributed by atoms with van der Waals surface area (Å²) in [6, 6.07) is 9.22. The molecule has 0 unspecified atom stereocenters. The molecule has 2 rings (SSSR count). The Morgan fingerprint density at radius 2 is 1.80 bits per heavy atom. The minimum absolute atomic E-state index is 0.0436. The molecular formula is C16H13F2NO6. The molecule has 132 valence electrons. The van der Waals surface area contributed by atoms with Crippen LogP contribution in [-0.4, -0.2) is 24.6 Å². The van der Waals surface area contributed by atoms with E-state index in [1.807, 2.05) is 0 Å². The van der Waals surface area contributed by atoms with Crippen molar-refractivity contribution in [2.45, 2.75) is 13.0 Å². The summed E-state index contributed by atoms with van der Waals surface area (Å²) in [6.07, 6.45) is -0.196. The van der Waals surface area contributed by atoms with Gasteiger partial charge in [-0.2, -0.15) is 8.78 Å². The van der Waals surface area contributed by atoms with Gasteiger partial charge in [0, 0.05) is 0 Å². The maximum absolute atomic E-state index is 12.1. The van der Waals surface area contributed by atoms with E-state index in [1.165, 1.54) is 43.5 Å². The standard InChI is InChI=1S/C16H13F2NO6/c1-23-12-6-7-14(13(9-12)19(21)22)25-15(20)8-10-2-4-11(5-3-10)24-16(17)18/h2-7,9,16H,8H2,1H3. The first-order valence-electron chi connectivity index (χ1n) is 6.96. The van der Waals surface area contributed by atoms with E-state index in [9.17, 15) is 23.7 Å². The number of esters is 1. The van der Waals surface area contributed by atoms with Crippen molar-refractivity contribution >= 4 is 11.7 Å². The smallest absolute Gasteiger partial charge is 0.387 e. The predicted octanol–water partition coefficient (Wildman–Crippen LogP) is 3.35. The highest BCUT2D eigenvalue weighted by Gasteiger charge is 2.19. The average molecular weight is 353 g/mol. The van der Waals surface area contributed by atoms with Crippen molar-refractivity contribution in [3.63, 3.8) is 0 Å². The highest BCUT2D eigenvalue weighted by Crippen LogP contribution is 2.31. The topological polar surface area (TPSA) is 87.9 Å². The van der Waals surface area contributed by atoms with Crippen molar-refractivity contribution in [1.82, 2.24) is 0 Å². The van der Waals surface area contributed by atoms with Gasteiger partial charge in [0.15, 0.2) is 0 Å². The Kier molecular flexibility index (Phi) is 5.83. The second-order valence-corrected chi connectivity index (χ2v) is 4.76. The zero-order valence-electron chi connectivity index (χ0n) is 13.0. The molecule has 0 spiro atoms. The van der Waals surface area contributed by atoms with Crippen LogP contribution in [0.15, 0.2) is 42.5 Å². The molecule has 0 radical (unpaired) electrons. The van der Waals surface area contributed by atoms with E-state index >= 15 is 0 Å². The van der Waals surface area contributed by atoms with Crippen LogP contribution in [0.25, 0.3) is 0 Å². The van der Waals surface area contributed by atoms with E-state index in [0.29, 0.717) is 5.56 Å². The number of hydrogen-bond donors (Lipinski definition) is 0.